The fourth-order valence-electron chi connectivity index (χ4n) is 5.57. The summed E-state index contributed by atoms with van der Waals surface area (Å²) < 4.78 is 5.88. The van der Waals surface area contributed by atoms with Crippen LogP contribution in [-0.2, 0) is 27.5 Å². The molecule has 2 aromatic carbocycles. The SMILES string of the molecule is CC(C)CC1NC(=O)CC[C@@H](C(=O)NCc2ccc(CN3CCCCC3)cc2)NC(=O)c2ccccc2OCCCNC1=O. The molecular weight excluding hydrogens is 558 g/mol. The maximum absolute atomic E-state index is 13.4. The fraction of sp³-hybridized carbons (Fsp3) is 0.529. The first-order valence-corrected chi connectivity index (χ1v) is 16.0. The molecule has 2 atom stereocenters. The van der Waals surface area contributed by atoms with Gasteiger partial charge in [-0.2, -0.15) is 0 Å². The summed E-state index contributed by atoms with van der Waals surface area (Å²) in [6.45, 7) is 8.11. The van der Waals surface area contributed by atoms with E-state index in [9.17, 15) is 19.2 Å². The third kappa shape index (κ3) is 10.4. The molecule has 0 aliphatic carbocycles. The summed E-state index contributed by atoms with van der Waals surface area (Å²) in [4.78, 5) is 55.0. The lowest BCUT2D eigenvalue weighted by molar-refractivity contribution is -0.129. The Labute approximate surface area is 260 Å². The number of benzene rings is 2. The number of fused-ring (bicyclic) bond motifs is 1. The van der Waals surface area contributed by atoms with E-state index in [1.165, 1.54) is 24.8 Å². The van der Waals surface area contributed by atoms with Crippen LogP contribution in [0.1, 0.15) is 80.3 Å². The molecule has 0 spiro atoms. The second-order valence-corrected chi connectivity index (χ2v) is 12.2. The van der Waals surface area contributed by atoms with Crippen molar-refractivity contribution in [2.24, 2.45) is 5.92 Å². The van der Waals surface area contributed by atoms with Gasteiger partial charge < -0.3 is 26.0 Å². The van der Waals surface area contributed by atoms with E-state index < -0.39 is 18.0 Å². The molecular formula is C34H47N5O5. The van der Waals surface area contributed by atoms with Crippen molar-refractivity contribution < 1.29 is 23.9 Å². The van der Waals surface area contributed by atoms with Crippen molar-refractivity contribution in [1.82, 2.24) is 26.2 Å². The number of likely N-dealkylation sites (tertiary alicyclic amines) is 1. The van der Waals surface area contributed by atoms with Crippen molar-refractivity contribution in [3.05, 3.63) is 65.2 Å². The number of amides is 4. The molecule has 1 saturated heterocycles. The highest BCUT2D eigenvalue weighted by Gasteiger charge is 2.26. The Bertz CT molecular complexity index is 1260. The van der Waals surface area contributed by atoms with Gasteiger partial charge in [-0.15, -0.1) is 0 Å². The highest BCUT2D eigenvalue weighted by atomic mass is 16.5. The highest BCUT2D eigenvalue weighted by molar-refractivity contribution is 5.99. The summed E-state index contributed by atoms with van der Waals surface area (Å²) >= 11 is 0. The Morgan fingerprint density at radius 2 is 1.68 bits per heavy atom. The van der Waals surface area contributed by atoms with Gasteiger partial charge in [0.1, 0.15) is 17.8 Å². The van der Waals surface area contributed by atoms with Crippen LogP contribution in [0.25, 0.3) is 0 Å². The molecule has 0 saturated carbocycles. The van der Waals surface area contributed by atoms with E-state index in [0.717, 1.165) is 25.2 Å². The van der Waals surface area contributed by atoms with Crippen molar-refractivity contribution in [2.75, 3.05) is 26.2 Å². The lowest BCUT2D eigenvalue weighted by atomic mass is 10.0. The first kappa shape index (κ1) is 33.0. The quantitative estimate of drug-likeness (QED) is 0.384. The van der Waals surface area contributed by atoms with E-state index in [-0.39, 0.29) is 49.6 Å². The fourth-order valence-corrected chi connectivity index (χ4v) is 5.57. The smallest absolute Gasteiger partial charge is 0.255 e. The topological polar surface area (TPSA) is 129 Å². The largest absolute Gasteiger partial charge is 0.493 e. The second kappa shape index (κ2) is 16.8. The molecule has 4 amide bonds. The van der Waals surface area contributed by atoms with Crippen LogP contribution in [0.5, 0.6) is 5.75 Å². The monoisotopic (exact) mass is 605 g/mol. The molecule has 238 valence electrons. The van der Waals surface area contributed by atoms with Crippen molar-refractivity contribution in [2.45, 2.75) is 84.0 Å². The molecule has 10 heteroatoms. The van der Waals surface area contributed by atoms with E-state index in [2.05, 4.69) is 38.3 Å². The Balaban J connectivity index is 1.44. The molecule has 2 aliphatic rings. The van der Waals surface area contributed by atoms with Crippen molar-refractivity contribution in [1.29, 1.82) is 0 Å². The Morgan fingerprint density at radius 1 is 0.955 bits per heavy atom. The number of rotatable bonds is 7. The summed E-state index contributed by atoms with van der Waals surface area (Å²) in [5, 5.41) is 11.5. The average Bonchev–Trinajstić information content (AvgIpc) is 3.02. The number of carbonyl (C=O) groups is 4. The van der Waals surface area contributed by atoms with Gasteiger partial charge in [0.05, 0.1) is 12.2 Å². The van der Waals surface area contributed by atoms with Crippen LogP contribution in [-0.4, -0.2) is 66.9 Å². The van der Waals surface area contributed by atoms with Crippen LogP contribution >= 0.6 is 0 Å². The summed E-state index contributed by atoms with van der Waals surface area (Å²) in [5.74, 6) is -0.862. The molecule has 0 aromatic heterocycles. The molecule has 44 heavy (non-hydrogen) atoms. The lowest BCUT2D eigenvalue weighted by Crippen LogP contribution is -2.49. The first-order valence-electron chi connectivity index (χ1n) is 16.0. The number of carbonyl (C=O) groups excluding carboxylic acids is 4. The van der Waals surface area contributed by atoms with Gasteiger partial charge in [-0.05, 0) is 74.4 Å². The van der Waals surface area contributed by atoms with Crippen molar-refractivity contribution in [3.8, 4) is 5.75 Å². The highest BCUT2D eigenvalue weighted by Crippen LogP contribution is 2.19. The zero-order valence-corrected chi connectivity index (χ0v) is 26.0. The van der Waals surface area contributed by atoms with Gasteiger partial charge in [0.2, 0.25) is 17.7 Å². The molecule has 4 rings (SSSR count). The maximum Gasteiger partial charge on any atom is 0.255 e. The Morgan fingerprint density at radius 3 is 2.43 bits per heavy atom. The van der Waals surface area contributed by atoms with Gasteiger partial charge in [0.25, 0.3) is 5.91 Å². The average molecular weight is 606 g/mol. The first-order chi connectivity index (χ1) is 21.3. The van der Waals surface area contributed by atoms with Gasteiger partial charge in [-0.25, -0.2) is 0 Å². The molecule has 2 aromatic rings. The maximum atomic E-state index is 13.4. The number of ether oxygens (including phenoxy) is 1. The zero-order valence-electron chi connectivity index (χ0n) is 26.0. The van der Waals surface area contributed by atoms with Crippen molar-refractivity contribution in [3.63, 3.8) is 0 Å². The zero-order chi connectivity index (χ0) is 31.3. The minimum Gasteiger partial charge on any atom is -0.493 e. The second-order valence-electron chi connectivity index (χ2n) is 12.2. The van der Waals surface area contributed by atoms with Crippen LogP contribution in [0.2, 0.25) is 0 Å². The van der Waals surface area contributed by atoms with E-state index in [1.807, 2.05) is 26.0 Å². The number of nitrogens with one attached hydrogen (secondary N) is 4. The van der Waals surface area contributed by atoms with Crippen molar-refractivity contribution >= 4 is 23.6 Å². The van der Waals surface area contributed by atoms with Gasteiger partial charge in [-0.1, -0.05) is 56.7 Å². The Hall–Kier alpha value is -3.92. The molecule has 1 fully saturated rings. The number of hydrogen-bond donors (Lipinski definition) is 4. The van der Waals surface area contributed by atoms with Crippen LogP contribution in [0.4, 0.5) is 0 Å². The van der Waals surface area contributed by atoms with Crippen LogP contribution in [0.15, 0.2) is 48.5 Å². The molecule has 4 N–H and O–H groups in total. The molecule has 10 nitrogen and oxygen atoms in total. The van der Waals surface area contributed by atoms with E-state index >= 15 is 0 Å². The minimum atomic E-state index is -0.968. The number of piperidine rings is 1. The molecule has 0 radical (unpaired) electrons. The molecule has 2 aliphatic heterocycles. The number of hydrogen-bond acceptors (Lipinski definition) is 6. The summed E-state index contributed by atoms with van der Waals surface area (Å²) in [6, 6.07) is 13.4. The molecule has 0 bridgehead atoms. The van der Waals surface area contributed by atoms with Gasteiger partial charge in [0.15, 0.2) is 0 Å². The third-order valence-electron chi connectivity index (χ3n) is 7.99. The molecule has 1 unspecified atom stereocenters. The standard InChI is InChI=1S/C34H47N5O5/c1-24(2)21-29-34(43)35-17-8-20-44-30-10-5-4-9-27(30)32(41)38-28(15-16-31(40)37-29)33(42)36-22-25-11-13-26(14-12-25)23-39-18-6-3-7-19-39/h4-5,9-14,24,28-29H,3,6-8,15-23H2,1-2H3,(H,35,43)(H,36,42)(H,37,40)(H,38,41)/t28-,29?/m0/s1. The van der Waals surface area contributed by atoms with E-state index in [0.29, 0.717) is 30.7 Å². The predicted molar refractivity (Wildman–Crippen MR) is 169 cm³/mol. The predicted octanol–water partition coefficient (Wildman–Crippen LogP) is 3.30. The number of para-hydroxylation sites is 1. The van der Waals surface area contributed by atoms with E-state index in [4.69, 9.17) is 4.74 Å². The van der Waals surface area contributed by atoms with Crippen LogP contribution in [0.3, 0.4) is 0 Å². The molecule has 2 heterocycles. The number of nitrogens with zero attached hydrogens (tertiary/aromatic N) is 1. The van der Waals surface area contributed by atoms with Crippen LogP contribution in [0, 0.1) is 5.92 Å². The lowest BCUT2D eigenvalue weighted by Gasteiger charge is -2.26. The van der Waals surface area contributed by atoms with Gasteiger partial charge in [-0.3, -0.25) is 24.1 Å². The summed E-state index contributed by atoms with van der Waals surface area (Å²) in [7, 11) is 0. The van der Waals surface area contributed by atoms with E-state index in [1.54, 1.807) is 24.3 Å². The minimum absolute atomic E-state index is 0.0381. The van der Waals surface area contributed by atoms with Crippen LogP contribution < -0.4 is 26.0 Å². The summed E-state index contributed by atoms with van der Waals surface area (Å²) in [5.41, 5.74) is 2.48. The Kier molecular flexibility index (Phi) is 12.6. The van der Waals surface area contributed by atoms with Gasteiger partial charge >= 0.3 is 0 Å². The third-order valence-corrected chi connectivity index (χ3v) is 7.99. The summed E-state index contributed by atoms with van der Waals surface area (Å²) in [6.07, 6.45) is 4.83. The van der Waals surface area contributed by atoms with Gasteiger partial charge in [0, 0.05) is 26.1 Å². The normalized spacial score (nSPS) is 20.9.